The van der Waals surface area contributed by atoms with Gasteiger partial charge in [-0.15, -0.1) is 0 Å². The smallest absolute Gasteiger partial charge is 0.0480 e. The first-order valence-electron chi connectivity index (χ1n) is 6.48. The molecule has 3 rings (SSSR count). The van der Waals surface area contributed by atoms with E-state index in [9.17, 15) is 0 Å². The third-order valence-corrected chi connectivity index (χ3v) is 4.06. The van der Waals surface area contributed by atoms with E-state index >= 15 is 0 Å². The van der Waals surface area contributed by atoms with E-state index in [4.69, 9.17) is 5.73 Å². The molecular formula is C15H20N2. The summed E-state index contributed by atoms with van der Waals surface area (Å²) in [7, 11) is 0. The minimum absolute atomic E-state index is 0.506. The van der Waals surface area contributed by atoms with Crippen LogP contribution in [-0.4, -0.2) is 11.1 Å². The monoisotopic (exact) mass is 228 g/mol. The van der Waals surface area contributed by atoms with Gasteiger partial charge in [-0.3, -0.25) is 0 Å². The second kappa shape index (κ2) is 3.88. The summed E-state index contributed by atoms with van der Waals surface area (Å²) in [5.41, 5.74) is 8.90. The highest BCUT2D eigenvalue weighted by Gasteiger charge is 2.41. The first-order chi connectivity index (χ1) is 8.22. The molecule has 0 spiro atoms. The Hall–Kier alpha value is -1.28. The van der Waals surface area contributed by atoms with E-state index < -0.39 is 0 Å². The minimum Gasteiger partial charge on any atom is -0.347 e. The summed E-state index contributed by atoms with van der Waals surface area (Å²) in [5, 5.41) is 1.36. The normalized spacial score (nSPS) is 17.5. The van der Waals surface area contributed by atoms with Crippen LogP contribution in [0.5, 0.6) is 0 Å². The molecule has 1 fully saturated rings. The fourth-order valence-corrected chi connectivity index (χ4v) is 2.79. The highest BCUT2D eigenvalue weighted by Crippen LogP contribution is 2.50. The van der Waals surface area contributed by atoms with Gasteiger partial charge in [0.25, 0.3) is 0 Å². The molecule has 1 aromatic carbocycles. The fourth-order valence-electron chi connectivity index (χ4n) is 2.79. The van der Waals surface area contributed by atoms with E-state index in [0.717, 1.165) is 13.1 Å². The summed E-state index contributed by atoms with van der Waals surface area (Å²) in [6.07, 6.45) is 6.07. The standard InChI is InChI=1S/C15H20N2/c1-12-2-3-14-13(10-12)4-9-17(14)11-15(5-6-15)7-8-16/h2-4,9-10H,5-8,11,16H2,1H3. The van der Waals surface area contributed by atoms with E-state index in [1.54, 1.807) is 0 Å². The van der Waals surface area contributed by atoms with Gasteiger partial charge in [-0.25, -0.2) is 0 Å². The highest BCUT2D eigenvalue weighted by atomic mass is 15.0. The molecule has 90 valence electrons. The molecule has 1 aromatic heterocycles. The number of fused-ring (bicyclic) bond motifs is 1. The van der Waals surface area contributed by atoms with E-state index in [0.29, 0.717) is 5.41 Å². The summed E-state index contributed by atoms with van der Waals surface area (Å²) < 4.78 is 2.40. The largest absolute Gasteiger partial charge is 0.347 e. The molecule has 2 aromatic rings. The molecule has 2 nitrogen and oxygen atoms in total. The van der Waals surface area contributed by atoms with Gasteiger partial charge in [-0.2, -0.15) is 0 Å². The van der Waals surface area contributed by atoms with Crippen LogP contribution in [0, 0.1) is 12.3 Å². The predicted molar refractivity (Wildman–Crippen MR) is 72.0 cm³/mol. The Labute approximate surface area is 102 Å². The zero-order valence-corrected chi connectivity index (χ0v) is 10.4. The molecule has 0 radical (unpaired) electrons. The quantitative estimate of drug-likeness (QED) is 0.856. The van der Waals surface area contributed by atoms with E-state index in [-0.39, 0.29) is 0 Å². The Balaban J connectivity index is 1.91. The van der Waals surface area contributed by atoms with Crippen molar-refractivity contribution in [3.8, 4) is 0 Å². The lowest BCUT2D eigenvalue weighted by Crippen LogP contribution is -2.15. The molecular weight excluding hydrogens is 208 g/mol. The van der Waals surface area contributed by atoms with Crippen molar-refractivity contribution < 1.29 is 0 Å². The second-order valence-corrected chi connectivity index (χ2v) is 5.54. The van der Waals surface area contributed by atoms with Gasteiger partial charge in [0, 0.05) is 18.3 Å². The van der Waals surface area contributed by atoms with Crippen LogP contribution in [0.1, 0.15) is 24.8 Å². The van der Waals surface area contributed by atoms with E-state index in [1.165, 1.54) is 35.7 Å². The first kappa shape index (κ1) is 10.8. The number of benzene rings is 1. The first-order valence-corrected chi connectivity index (χ1v) is 6.48. The number of hydrogen-bond acceptors (Lipinski definition) is 1. The summed E-state index contributed by atoms with van der Waals surface area (Å²) in [6.45, 7) is 4.10. The summed E-state index contributed by atoms with van der Waals surface area (Å²) in [4.78, 5) is 0. The van der Waals surface area contributed by atoms with Crippen LogP contribution in [0.25, 0.3) is 10.9 Å². The van der Waals surface area contributed by atoms with Gasteiger partial charge in [0.05, 0.1) is 0 Å². The molecule has 0 saturated heterocycles. The lowest BCUT2D eigenvalue weighted by atomic mass is 10.0. The van der Waals surface area contributed by atoms with Crippen molar-refractivity contribution in [2.45, 2.75) is 32.7 Å². The Morgan fingerprint density at radius 2 is 2.12 bits per heavy atom. The number of aryl methyl sites for hydroxylation is 1. The molecule has 1 aliphatic carbocycles. The Kier molecular flexibility index (Phi) is 2.48. The lowest BCUT2D eigenvalue weighted by Gasteiger charge is -2.15. The number of rotatable bonds is 4. The number of hydrogen-bond donors (Lipinski definition) is 1. The molecule has 1 heterocycles. The highest BCUT2D eigenvalue weighted by molar-refractivity contribution is 5.80. The van der Waals surface area contributed by atoms with Gasteiger partial charge in [-0.1, -0.05) is 11.6 Å². The van der Waals surface area contributed by atoms with E-state index in [2.05, 4.69) is 42.0 Å². The predicted octanol–water partition coefficient (Wildman–Crippen LogP) is 3.08. The van der Waals surface area contributed by atoms with Crippen molar-refractivity contribution in [2.75, 3.05) is 6.54 Å². The van der Waals surface area contributed by atoms with Gasteiger partial charge in [0.2, 0.25) is 0 Å². The molecule has 17 heavy (non-hydrogen) atoms. The van der Waals surface area contributed by atoms with Crippen molar-refractivity contribution in [2.24, 2.45) is 11.1 Å². The molecule has 0 atom stereocenters. The van der Waals surface area contributed by atoms with Gasteiger partial charge >= 0.3 is 0 Å². The van der Waals surface area contributed by atoms with Crippen molar-refractivity contribution >= 4 is 10.9 Å². The average molecular weight is 228 g/mol. The van der Waals surface area contributed by atoms with E-state index in [1.807, 2.05) is 0 Å². The maximum Gasteiger partial charge on any atom is 0.0480 e. The lowest BCUT2D eigenvalue weighted by molar-refractivity contribution is 0.405. The van der Waals surface area contributed by atoms with Crippen LogP contribution in [0.3, 0.4) is 0 Å². The summed E-state index contributed by atoms with van der Waals surface area (Å²) in [5.74, 6) is 0. The molecule has 0 amide bonds. The maximum absolute atomic E-state index is 5.71. The molecule has 1 saturated carbocycles. The van der Waals surface area contributed by atoms with Crippen molar-refractivity contribution in [3.63, 3.8) is 0 Å². The molecule has 0 aliphatic heterocycles. The zero-order valence-electron chi connectivity index (χ0n) is 10.4. The molecule has 2 N–H and O–H groups in total. The Morgan fingerprint density at radius 1 is 1.29 bits per heavy atom. The number of aromatic nitrogens is 1. The Morgan fingerprint density at radius 3 is 2.82 bits per heavy atom. The van der Waals surface area contributed by atoms with Crippen LogP contribution in [-0.2, 0) is 6.54 Å². The number of nitrogens with two attached hydrogens (primary N) is 1. The van der Waals surface area contributed by atoms with Crippen molar-refractivity contribution in [3.05, 3.63) is 36.0 Å². The van der Waals surface area contributed by atoms with Crippen molar-refractivity contribution in [1.29, 1.82) is 0 Å². The molecule has 2 heteroatoms. The third kappa shape index (κ3) is 1.98. The summed E-state index contributed by atoms with van der Waals surface area (Å²) >= 11 is 0. The molecule has 0 bridgehead atoms. The molecule has 0 unspecified atom stereocenters. The fraction of sp³-hybridized carbons (Fsp3) is 0.467. The maximum atomic E-state index is 5.71. The van der Waals surface area contributed by atoms with Crippen molar-refractivity contribution in [1.82, 2.24) is 4.57 Å². The minimum atomic E-state index is 0.506. The van der Waals surface area contributed by atoms with Crippen LogP contribution >= 0.6 is 0 Å². The van der Waals surface area contributed by atoms with Gasteiger partial charge in [0.1, 0.15) is 0 Å². The topological polar surface area (TPSA) is 30.9 Å². The van der Waals surface area contributed by atoms with Crippen LogP contribution < -0.4 is 5.73 Å². The van der Waals surface area contributed by atoms with Crippen LogP contribution in [0.4, 0.5) is 0 Å². The number of nitrogens with zero attached hydrogens (tertiary/aromatic N) is 1. The average Bonchev–Trinajstić information content (AvgIpc) is 2.94. The van der Waals surface area contributed by atoms with Crippen LogP contribution in [0.15, 0.2) is 30.5 Å². The SMILES string of the molecule is Cc1ccc2c(ccn2CC2(CCN)CC2)c1. The van der Waals surface area contributed by atoms with Gasteiger partial charge in [-0.05, 0) is 61.7 Å². The molecule has 1 aliphatic rings. The zero-order chi connectivity index (χ0) is 11.9. The van der Waals surface area contributed by atoms with Gasteiger partial charge < -0.3 is 10.3 Å². The summed E-state index contributed by atoms with van der Waals surface area (Å²) in [6, 6.07) is 8.92. The van der Waals surface area contributed by atoms with Crippen LogP contribution in [0.2, 0.25) is 0 Å². The second-order valence-electron chi connectivity index (χ2n) is 5.54. The third-order valence-electron chi connectivity index (χ3n) is 4.06. The Bertz CT molecular complexity index is 535. The van der Waals surface area contributed by atoms with Gasteiger partial charge in [0.15, 0.2) is 0 Å².